The summed E-state index contributed by atoms with van der Waals surface area (Å²) in [6.07, 6.45) is 0. The zero-order chi connectivity index (χ0) is 24.8. The maximum atomic E-state index is 11.2. The summed E-state index contributed by atoms with van der Waals surface area (Å²) in [4.78, 5) is 22.4. The summed E-state index contributed by atoms with van der Waals surface area (Å²) in [6.45, 7) is 0. The summed E-state index contributed by atoms with van der Waals surface area (Å²) in [5, 5.41) is 22.4. The van der Waals surface area contributed by atoms with Crippen molar-refractivity contribution >= 4 is 11.9 Å². The van der Waals surface area contributed by atoms with Crippen molar-refractivity contribution in [3.63, 3.8) is 0 Å². The van der Waals surface area contributed by atoms with Crippen LogP contribution in [-0.4, -0.2) is 11.9 Å². The molecular weight excluding hydrogens is 508 g/mol. The van der Waals surface area contributed by atoms with Crippen molar-refractivity contribution in [3.05, 3.63) is 144 Å². The second-order valence-electron chi connectivity index (χ2n) is 7.15. The predicted octanol–water partition coefficient (Wildman–Crippen LogP) is 3.02. The van der Waals surface area contributed by atoms with Crippen LogP contribution >= 0.6 is 0 Å². The molecule has 0 atom stereocenters. The van der Waals surface area contributed by atoms with E-state index in [4.69, 9.17) is 2.81 Å². The van der Waals surface area contributed by atoms with E-state index in [1.165, 1.54) is 0 Å². The van der Waals surface area contributed by atoms with E-state index in [0.717, 1.165) is 22.3 Å². The molecule has 6 heteroatoms. The zero-order valence-corrected chi connectivity index (χ0v) is 20.7. The first-order valence-corrected chi connectivity index (χ1v) is 11.4. The van der Waals surface area contributed by atoms with E-state index >= 15 is 0 Å². The van der Waals surface area contributed by atoms with Crippen molar-refractivity contribution in [2.45, 2.75) is 11.8 Å². The normalized spacial score (nSPS) is 9.88. The molecule has 0 aliphatic rings. The number of aliphatic carboxylic acids is 2. The Morgan fingerprint density at radius 3 is 0.765 bits per heavy atom. The summed E-state index contributed by atoms with van der Waals surface area (Å²) >= 11 is 0.300. The van der Waals surface area contributed by atoms with Gasteiger partial charge < -0.3 is 19.8 Å². The summed E-state index contributed by atoms with van der Waals surface area (Å²) < 4.78 is 8.34. The Morgan fingerprint density at radius 1 is 0.441 bits per heavy atom. The van der Waals surface area contributed by atoms with E-state index in [1.807, 2.05) is 72.8 Å². The van der Waals surface area contributed by atoms with Crippen LogP contribution < -0.4 is 10.2 Å². The fraction of sp³-hybridized carbons (Fsp3) is 0.0714. The van der Waals surface area contributed by atoms with Gasteiger partial charge in [0.2, 0.25) is 0 Å². The molecule has 0 fully saturated rings. The van der Waals surface area contributed by atoms with Crippen LogP contribution in [0, 0.1) is 0 Å². The van der Waals surface area contributed by atoms with Crippen LogP contribution in [0.25, 0.3) is 0 Å². The molecule has 0 aromatic heterocycles. The molecule has 0 spiro atoms. The number of rotatable bonds is 6. The fourth-order valence-corrected chi connectivity index (χ4v) is 3.51. The van der Waals surface area contributed by atoms with Gasteiger partial charge >= 0.3 is 27.5 Å². The molecule has 0 aliphatic carbocycles. The van der Waals surface area contributed by atoms with Crippen molar-refractivity contribution in [1.29, 1.82) is 0 Å². The first-order valence-electron chi connectivity index (χ1n) is 10.4. The van der Waals surface area contributed by atoms with Gasteiger partial charge in [-0.05, 0) is 22.3 Å². The first kappa shape index (κ1) is 26.8. The van der Waals surface area contributed by atoms with Gasteiger partial charge in [0.1, 0.15) is 0 Å². The third-order valence-corrected chi connectivity index (χ3v) is 5.00. The van der Waals surface area contributed by atoms with Gasteiger partial charge in [-0.25, -0.2) is 0 Å². The second-order valence-corrected chi connectivity index (χ2v) is 7.15. The average molecular weight is 530 g/mol. The number of carboxylic acid groups (broad SMARTS) is 2. The van der Waals surface area contributed by atoms with Crippen molar-refractivity contribution in [3.8, 4) is 0 Å². The summed E-state index contributed by atoms with van der Waals surface area (Å²) in [7, 11) is 0. The minimum atomic E-state index is -1.07. The topological polar surface area (TPSA) is 97.3 Å². The van der Waals surface area contributed by atoms with Crippen LogP contribution in [0.2, 0.25) is 0 Å². The van der Waals surface area contributed by atoms with Crippen molar-refractivity contribution in [2.75, 3.05) is 0 Å². The number of benzene rings is 4. The van der Waals surface area contributed by atoms with E-state index in [2.05, 4.69) is 0 Å². The molecule has 0 heterocycles. The van der Waals surface area contributed by atoms with Gasteiger partial charge in [-0.2, -0.15) is 0 Å². The molecular formula is C28H22O5Zr. The van der Waals surface area contributed by atoms with Crippen molar-refractivity contribution in [2.24, 2.45) is 0 Å². The molecule has 168 valence electrons. The Bertz CT molecular complexity index is 965. The molecule has 0 unspecified atom stereocenters. The predicted molar refractivity (Wildman–Crippen MR) is 120 cm³/mol. The van der Waals surface area contributed by atoms with Gasteiger partial charge in [0.15, 0.2) is 0 Å². The Labute approximate surface area is 214 Å². The monoisotopic (exact) mass is 528 g/mol. The molecule has 34 heavy (non-hydrogen) atoms. The fourth-order valence-electron chi connectivity index (χ4n) is 3.51. The Balaban J connectivity index is 0.000000224. The van der Waals surface area contributed by atoms with Gasteiger partial charge in [-0.3, -0.25) is 0 Å². The van der Waals surface area contributed by atoms with Crippen molar-refractivity contribution in [1.82, 2.24) is 0 Å². The molecule has 0 saturated carbocycles. The molecule has 0 amide bonds. The molecule has 0 bridgehead atoms. The van der Waals surface area contributed by atoms with Crippen LogP contribution in [0.3, 0.4) is 0 Å². The molecule has 0 aliphatic heterocycles. The minimum absolute atomic E-state index is 0.300. The third-order valence-electron chi connectivity index (χ3n) is 5.00. The number of carbonyl (C=O) groups excluding carboxylic acids is 2. The Morgan fingerprint density at radius 2 is 0.618 bits per heavy atom. The molecule has 4 aromatic carbocycles. The summed E-state index contributed by atoms with van der Waals surface area (Å²) in [6, 6.07) is 36.5. The number of carboxylic acids is 2. The maximum absolute atomic E-state index is 11.2. The number of hydrogen-bond acceptors (Lipinski definition) is 5. The van der Waals surface area contributed by atoms with Crippen LogP contribution in [0.4, 0.5) is 0 Å². The average Bonchev–Trinajstić information content (AvgIpc) is 2.88. The van der Waals surface area contributed by atoms with Crippen LogP contribution in [0.1, 0.15) is 34.1 Å². The summed E-state index contributed by atoms with van der Waals surface area (Å²) in [5.74, 6) is -3.53. The van der Waals surface area contributed by atoms with E-state index in [9.17, 15) is 19.8 Å². The first-order chi connectivity index (χ1) is 16.6. The molecule has 5 nitrogen and oxygen atoms in total. The second kappa shape index (κ2) is 14.6. The van der Waals surface area contributed by atoms with Gasteiger partial charge in [0.05, 0.1) is 11.9 Å². The Hall–Kier alpha value is -3.50. The zero-order valence-electron chi connectivity index (χ0n) is 18.2. The van der Waals surface area contributed by atoms with E-state index in [1.54, 1.807) is 48.5 Å². The van der Waals surface area contributed by atoms with Gasteiger partial charge in [0, 0.05) is 11.8 Å². The SMILES string of the molecule is O=C([O-])C(c1ccccc1)c1ccccc1.O=C([O-])C(c1ccccc1)c1ccccc1.[O]=[Zr+2]. The van der Waals surface area contributed by atoms with E-state index < -0.39 is 23.8 Å². The van der Waals surface area contributed by atoms with Crippen LogP contribution in [0.15, 0.2) is 121 Å². The Kier molecular flexibility index (Phi) is 11.5. The molecule has 4 rings (SSSR count). The molecule has 0 radical (unpaired) electrons. The van der Waals surface area contributed by atoms with Gasteiger partial charge in [-0.15, -0.1) is 0 Å². The van der Waals surface area contributed by atoms with Crippen LogP contribution in [-0.2, 0) is 37.1 Å². The van der Waals surface area contributed by atoms with Crippen LogP contribution in [0.5, 0.6) is 0 Å². The van der Waals surface area contributed by atoms with Gasteiger partial charge in [-0.1, -0.05) is 121 Å². The third kappa shape index (κ3) is 7.82. The summed E-state index contributed by atoms with van der Waals surface area (Å²) in [5.41, 5.74) is 2.98. The molecule has 4 aromatic rings. The molecule has 0 saturated heterocycles. The molecule has 0 N–H and O–H groups in total. The number of carbonyl (C=O) groups is 2. The van der Waals surface area contributed by atoms with E-state index in [-0.39, 0.29) is 0 Å². The van der Waals surface area contributed by atoms with E-state index in [0.29, 0.717) is 24.7 Å². The number of hydrogen-bond donors (Lipinski definition) is 0. The standard InChI is InChI=1S/2C14H12O2.O.Zr/c2*15-14(16)13(11-7-3-1-4-8-11)12-9-5-2-6-10-12;;/h2*1-10,13H,(H,15,16);;/q;;;+2/p-2. The quantitative estimate of drug-likeness (QED) is 0.383. The van der Waals surface area contributed by atoms with Gasteiger partial charge in [0.25, 0.3) is 0 Å². The van der Waals surface area contributed by atoms with Crippen molar-refractivity contribution < 1.29 is 47.3 Å².